The van der Waals surface area contributed by atoms with Gasteiger partial charge in [-0.15, -0.1) is 0 Å². The van der Waals surface area contributed by atoms with Gasteiger partial charge in [0, 0.05) is 6.54 Å². The number of nitrogens with one attached hydrogen (secondary N) is 2. The quantitative estimate of drug-likeness (QED) is 0.529. The zero-order valence-corrected chi connectivity index (χ0v) is 16.1. The molecule has 1 fully saturated rings. The van der Waals surface area contributed by atoms with E-state index < -0.39 is 46.4 Å². The van der Waals surface area contributed by atoms with Crippen molar-refractivity contribution in [1.82, 2.24) is 10.6 Å². The lowest BCUT2D eigenvalue weighted by atomic mass is 10.0. The van der Waals surface area contributed by atoms with Gasteiger partial charge in [0.15, 0.2) is 12.2 Å². The number of carboxylic acids is 1. The van der Waals surface area contributed by atoms with Gasteiger partial charge in [0.1, 0.15) is 6.04 Å². The molecular weight excluding hydrogens is 392 g/mol. The average Bonchev–Trinajstić information content (AvgIpc) is 2.95. The van der Waals surface area contributed by atoms with Crippen molar-refractivity contribution in [2.24, 2.45) is 5.92 Å². The predicted octanol–water partition coefficient (Wildman–Crippen LogP) is -1.39. The van der Waals surface area contributed by atoms with Crippen molar-refractivity contribution < 1.29 is 36.3 Å². The molecule has 2 N–H and O–H groups in total. The Balaban J connectivity index is 2.06. The van der Waals surface area contributed by atoms with Gasteiger partial charge in [-0.2, -0.15) is 8.42 Å². The van der Waals surface area contributed by atoms with Crippen LogP contribution in [0.3, 0.4) is 0 Å². The van der Waals surface area contributed by atoms with Gasteiger partial charge in [0.25, 0.3) is 5.91 Å². The van der Waals surface area contributed by atoms with Crippen LogP contribution in [0.4, 0.5) is 0 Å². The Kier molecular flexibility index (Phi) is 7.11. The van der Waals surface area contributed by atoms with E-state index in [1.54, 1.807) is 0 Å². The van der Waals surface area contributed by atoms with Crippen LogP contribution in [0.15, 0.2) is 30.3 Å². The first-order valence-corrected chi connectivity index (χ1v) is 9.86. The largest absolute Gasteiger partial charge is 0.547 e. The number of carbonyl (C=O) groups excluding carboxylic acids is 3. The Morgan fingerprint density at radius 3 is 2.29 bits per heavy atom. The number of aliphatic carboxylic acids is 1. The van der Waals surface area contributed by atoms with Crippen LogP contribution in [0.25, 0.3) is 0 Å². The summed E-state index contributed by atoms with van der Waals surface area (Å²) >= 11 is 0. The summed E-state index contributed by atoms with van der Waals surface area (Å²) in [5, 5.41) is 16.0. The van der Waals surface area contributed by atoms with Crippen LogP contribution in [-0.4, -0.2) is 44.5 Å². The molecule has 2 rings (SSSR count). The highest BCUT2D eigenvalue weighted by molar-refractivity contribution is 7.82. The summed E-state index contributed by atoms with van der Waals surface area (Å²) in [5.41, 5.74) is 0.848. The Bertz CT molecular complexity index is 825. The summed E-state index contributed by atoms with van der Waals surface area (Å²) < 4.78 is 31.2. The first-order chi connectivity index (χ1) is 13.1. The van der Waals surface area contributed by atoms with E-state index in [4.69, 9.17) is 0 Å². The molecule has 154 valence electrons. The van der Waals surface area contributed by atoms with Crippen molar-refractivity contribution in [2.75, 3.05) is 0 Å². The zero-order valence-electron chi connectivity index (χ0n) is 15.3. The lowest BCUT2D eigenvalue weighted by molar-refractivity contribution is -0.314. The lowest BCUT2D eigenvalue weighted by Crippen LogP contribution is -2.54. The second kappa shape index (κ2) is 9.13. The summed E-state index contributed by atoms with van der Waals surface area (Å²) in [6, 6.07) is 8.06. The highest BCUT2D eigenvalue weighted by Crippen LogP contribution is 2.21. The normalized spacial score (nSPS) is 21.8. The van der Waals surface area contributed by atoms with Crippen molar-refractivity contribution in [3.8, 4) is 0 Å². The van der Waals surface area contributed by atoms with Crippen LogP contribution in [-0.2, 0) is 39.7 Å². The number of rotatable bonds is 8. The molecule has 2 amide bonds. The van der Waals surface area contributed by atoms with E-state index in [-0.39, 0.29) is 18.9 Å². The van der Waals surface area contributed by atoms with Crippen molar-refractivity contribution in [3.63, 3.8) is 0 Å². The molecule has 0 unspecified atom stereocenters. The first-order valence-electron chi connectivity index (χ1n) is 8.53. The first kappa shape index (κ1) is 21.8. The van der Waals surface area contributed by atoms with Crippen LogP contribution >= 0.6 is 0 Å². The molecule has 0 spiro atoms. The molecule has 10 nitrogen and oxygen atoms in total. The van der Waals surface area contributed by atoms with Gasteiger partial charge in [-0.25, -0.2) is 8.37 Å². The SMILES string of the molecule is CC(C)C[C@H](NC(=O)[C@H]1OS(=O)(=O)O[C@@H]1C(=O)[O-])C(=O)NCc1ccccc1. The molecule has 11 heteroatoms. The average molecular weight is 413 g/mol. The van der Waals surface area contributed by atoms with Crippen LogP contribution in [0, 0.1) is 5.92 Å². The Morgan fingerprint density at radius 1 is 1.11 bits per heavy atom. The van der Waals surface area contributed by atoms with Crippen molar-refractivity contribution in [1.29, 1.82) is 0 Å². The standard InChI is InChI=1S/C17H22N2O8S/c1-10(2)8-12(15(20)18-9-11-6-4-3-5-7-11)19-16(21)13-14(17(22)23)27-28(24,25)26-13/h3-7,10,12-14H,8-9H2,1-2H3,(H,18,20)(H,19,21)(H,22,23)/p-1/t12-,13-,14-/m0/s1. The van der Waals surface area contributed by atoms with Gasteiger partial charge in [-0.1, -0.05) is 44.2 Å². The maximum Gasteiger partial charge on any atom is 0.401 e. The van der Waals surface area contributed by atoms with Gasteiger partial charge in [-0.3, -0.25) is 9.59 Å². The van der Waals surface area contributed by atoms with E-state index in [9.17, 15) is 27.9 Å². The fraction of sp³-hybridized carbons (Fsp3) is 0.471. The Morgan fingerprint density at radius 2 is 1.71 bits per heavy atom. The van der Waals surface area contributed by atoms with E-state index >= 15 is 0 Å². The maximum absolute atomic E-state index is 12.5. The highest BCUT2D eigenvalue weighted by Gasteiger charge is 2.46. The van der Waals surface area contributed by atoms with E-state index in [0.717, 1.165) is 5.56 Å². The Hall–Kier alpha value is -2.50. The summed E-state index contributed by atoms with van der Waals surface area (Å²) in [4.78, 5) is 35.9. The van der Waals surface area contributed by atoms with E-state index in [2.05, 4.69) is 19.0 Å². The fourth-order valence-electron chi connectivity index (χ4n) is 2.59. The molecular formula is C17H21N2O8S-. The molecule has 0 aliphatic carbocycles. The van der Waals surface area contributed by atoms with Crippen LogP contribution in [0.1, 0.15) is 25.8 Å². The molecule has 0 bridgehead atoms. The summed E-state index contributed by atoms with van der Waals surface area (Å²) in [6.07, 6.45) is -3.87. The van der Waals surface area contributed by atoms with Gasteiger partial charge < -0.3 is 20.5 Å². The molecule has 1 heterocycles. The third kappa shape index (κ3) is 6.01. The number of carboxylic acid groups (broad SMARTS) is 1. The van der Waals surface area contributed by atoms with Crippen molar-refractivity contribution >= 4 is 28.2 Å². The van der Waals surface area contributed by atoms with Gasteiger partial charge in [0.05, 0.1) is 5.97 Å². The Labute approximate surface area is 162 Å². The maximum atomic E-state index is 12.5. The molecule has 1 aromatic carbocycles. The minimum Gasteiger partial charge on any atom is -0.547 e. The second-order valence-electron chi connectivity index (χ2n) is 6.66. The summed E-state index contributed by atoms with van der Waals surface area (Å²) in [6.45, 7) is 3.88. The van der Waals surface area contributed by atoms with Gasteiger partial charge in [-0.05, 0) is 17.9 Å². The highest BCUT2D eigenvalue weighted by atomic mass is 32.3. The van der Waals surface area contributed by atoms with Crippen LogP contribution in [0.2, 0.25) is 0 Å². The molecule has 1 saturated heterocycles. The fourth-order valence-corrected chi connectivity index (χ4v) is 3.51. The van der Waals surface area contributed by atoms with Crippen molar-refractivity contribution in [3.05, 3.63) is 35.9 Å². The monoisotopic (exact) mass is 413 g/mol. The summed E-state index contributed by atoms with van der Waals surface area (Å²) in [7, 11) is -4.64. The molecule has 0 aromatic heterocycles. The minimum atomic E-state index is -4.64. The zero-order chi connectivity index (χ0) is 20.9. The number of hydrogen-bond donors (Lipinski definition) is 2. The number of carbonyl (C=O) groups is 3. The topological polar surface area (TPSA) is 151 Å². The van der Waals surface area contributed by atoms with Gasteiger partial charge >= 0.3 is 10.4 Å². The summed E-state index contributed by atoms with van der Waals surface area (Å²) in [5.74, 6) is -3.52. The molecule has 0 saturated carbocycles. The van der Waals surface area contributed by atoms with Crippen molar-refractivity contribution in [2.45, 2.75) is 45.1 Å². The van der Waals surface area contributed by atoms with Crippen LogP contribution < -0.4 is 15.7 Å². The third-order valence-electron chi connectivity index (χ3n) is 3.86. The minimum absolute atomic E-state index is 0.00851. The lowest BCUT2D eigenvalue weighted by Gasteiger charge is -2.22. The number of amides is 2. The number of hydrogen-bond acceptors (Lipinski definition) is 8. The van der Waals surface area contributed by atoms with Gasteiger partial charge in [0.2, 0.25) is 5.91 Å². The van der Waals surface area contributed by atoms with E-state index in [1.807, 2.05) is 44.2 Å². The van der Waals surface area contributed by atoms with E-state index in [1.165, 1.54) is 0 Å². The van der Waals surface area contributed by atoms with Crippen LogP contribution in [0.5, 0.6) is 0 Å². The van der Waals surface area contributed by atoms with E-state index in [0.29, 0.717) is 0 Å². The predicted molar refractivity (Wildman–Crippen MR) is 93.3 cm³/mol. The molecule has 28 heavy (non-hydrogen) atoms. The molecule has 1 aromatic rings. The third-order valence-corrected chi connectivity index (χ3v) is 4.74. The number of benzene rings is 1. The molecule has 1 aliphatic heterocycles. The molecule has 0 radical (unpaired) electrons. The molecule has 3 atom stereocenters. The molecule has 1 aliphatic rings. The second-order valence-corrected chi connectivity index (χ2v) is 7.86. The smallest absolute Gasteiger partial charge is 0.401 e.